The maximum Gasteiger partial charge on any atom is 0.343 e. The number of halogens is 1. The molecule has 0 bridgehead atoms. The van der Waals surface area contributed by atoms with Crippen LogP contribution in [0, 0.1) is 11.8 Å². The lowest BCUT2D eigenvalue weighted by atomic mass is 9.81. The minimum atomic E-state index is -0.501. The van der Waals surface area contributed by atoms with E-state index in [0.717, 1.165) is 25.7 Å². The largest absolute Gasteiger partial charge is 0.423 e. The van der Waals surface area contributed by atoms with Gasteiger partial charge in [-0.1, -0.05) is 24.4 Å². The van der Waals surface area contributed by atoms with Crippen molar-refractivity contribution in [1.82, 2.24) is 0 Å². The number of hydrogen-bond donors (Lipinski definition) is 0. The SMILES string of the molecule is O=C(Oc1ccc(N2C(=O)[C@@H]3CCCC[C@H]3C2=O)cc1)c1ccc(Cl)cc1. The zero-order chi connectivity index (χ0) is 19.0. The molecule has 1 saturated heterocycles. The molecule has 5 nitrogen and oxygen atoms in total. The molecule has 2 atom stereocenters. The third-order valence-corrected chi connectivity index (χ3v) is 5.48. The molecule has 1 aliphatic carbocycles. The van der Waals surface area contributed by atoms with Crippen LogP contribution in [-0.4, -0.2) is 17.8 Å². The van der Waals surface area contributed by atoms with E-state index in [-0.39, 0.29) is 23.7 Å². The van der Waals surface area contributed by atoms with Gasteiger partial charge in [0.1, 0.15) is 5.75 Å². The summed E-state index contributed by atoms with van der Waals surface area (Å²) in [6.45, 7) is 0. The topological polar surface area (TPSA) is 63.7 Å². The van der Waals surface area contributed by atoms with Gasteiger partial charge < -0.3 is 4.74 Å². The fourth-order valence-electron chi connectivity index (χ4n) is 3.83. The molecule has 2 aliphatic rings. The average Bonchev–Trinajstić information content (AvgIpc) is 2.94. The smallest absolute Gasteiger partial charge is 0.343 e. The fraction of sp³-hybridized carbons (Fsp3) is 0.286. The number of carbonyl (C=O) groups is 3. The van der Waals surface area contributed by atoms with Crippen molar-refractivity contribution in [3.05, 3.63) is 59.1 Å². The van der Waals surface area contributed by atoms with Crippen LogP contribution in [0.5, 0.6) is 5.75 Å². The number of rotatable bonds is 3. The Morgan fingerprint density at radius 3 is 2.00 bits per heavy atom. The number of amides is 2. The summed E-state index contributed by atoms with van der Waals surface area (Å²) in [5.74, 6) is -0.762. The fourth-order valence-corrected chi connectivity index (χ4v) is 3.96. The zero-order valence-electron chi connectivity index (χ0n) is 14.6. The predicted molar refractivity (Wildman–Crippen MR) is 101 cm³/mol. The lowest BCUT2D eigenvalue weighted by Gasteiger charge is -2.19. The molecule has 0 radical (unpaired) electrons. The number of carbonyl (C=O) groups excluding carboxylic acids is 3. The van der Waals surface area contributed by atoms with Gasteiger partial charge in [0, 0.05) is 5.02 Å². The van der Waals surface area contributed by atoms with E-state index >= 15 is 0 Å². The Bertz CT molecular complexity index is 867. The first-order chi connectivity index (χ1) is 13.0. The highest BCUT2D eigenvalue weighted by molar-refractivity contribution is 6.30. The Morgan fingerprint density at radius 1 is 0.889 bits per heavy atom. The Kier molecular flexibility index (Phi) is 4.70. The summed E-state index contributed by atoms with van der Waals surface area (Å²) < 4.78 is 5.34. The van der Waals surface area contributed by atoms with Gasteiger partial charge in [0.2, 0.25) is 11.8 Å². The van der Waals surface area contributed by atoms with E-state index in [1.54, 1.807) is 48.5 Å². The van der Waals surface area contributed by atoms with Crippen LogP contribution in [-0.2, 0) is 9.59 Å². The molecule has 1 heterocycles. The maximum absolute atomic E-state index is 12.6. The lowest BCUT2D eigenvalue weighted by Crippen LogP contribution is -2.30. The molecule has 0 aromatic heterocycles. The monoisotopic (exact) mass is 383 g/mol. The third-order valence-electron chi connectivity index (χ3n) is 5.23. The van der Waals surface area contributed by atoms with Crippen molar-refractivity contribution >= 4 is 35.1 Å². The molecule has 2 aromatic rings. The van der Waals surface area contributed by atoms with Crippen LogP contribution < -0.4 is 9.64 Å². The van der Waals surface area contributed by atoms with E-state index in [1.165, 1.54) is 4.90 Å². The summed E-state index contributed by atoms with van der Waals surface area (Å²) in [7, 11) is 0. The number of nitrogens with zero attached hydrogens (tertiary/aromatic N) is 1. The summed E-state index contributed by atoms with van der Waals surface area (Å²) >= 11 is 5.81. The van der Waals surface area contributed by atoms with Gasteiger partial charge in [-0.15, -0.1) is 0 Å². The number of imide groups is 1. The highest BCUT2D eigenvalue weighted by Crippen LogP contribution is 2.40. The van der Waals surface area contributed by atoms with Crippen LogP contribution >= 0.6 is 11.6 Å². The number of fused-ring (bicyclic) bond motifs is 1. The van der Waals surface area contributed by atoms with Gasteiger partial charge >= 0.3 is 5.97 Å². The quantitative estimate of drug-likeness (QED) is 0.452. The predicted octanol–water partition coefficient (Wildman–Crippen LogP) is 4.24. The van der Waals surface area contributed by atoms with E-state index < -0.39 is 5.97 Å². The highest BCUT2D eigenvalue weighted by atomic mass is 35.5. The summed E-state index contributed by atoms with van der Waals surface area (Å²) in [5, 5.41) is 0.538. The van der Waals surface area contributed by atoms with Crippen LogP contribution in [0.2, 0.25) is 5.02 Å². The van der Waals surface area contributed by atoms with Gasteiger partial charge in [-0.25, -0.2) is 4.79 Å². The summed E-state index contributed by atoms with van der Waals surface area (Å²) in [5.41, 5.74) is 0.906. The lowest BCUT2D eigenvalue weighted by molar-refractivity contribution is -0.122. The first kappa shape index (κ1) is 17.7. The highest BCUT2D eigenvalue weighted by Gasteiger charge is 2.48. The number of ether oxygens (including phenoxy) is 1. The van der Waals surface area contributed by atoms with Gasteiger partial charge in [0.15, 0.2) is 0 Å². The van der Waals surface area contributed by atoms with Crippen LogP contribution in [0.3, 0.4) is 0 Å². The first-order valence-electron chi connectivity index (χ1n) is 9.00. The summed E-state index contributed by atoms with van der Waals surface area (Å²) in [6, 6.07) is 12.9. The molecule has 138 valence electrons. The molecule has 6 heteroatoms. The number of esters is 1. The second kappa shape index (κ2) is 7.16. The van der Waals surface area contributed by atoms with Gasteiger partial charge in [-0.3, -0.25) is 14.5 Å². The number of hydrogen-bond acceptors (Lipinski definition) is 4. The molecule has 0 N–H and O–H groups in total. The van der Waals surface area contributed by atoms with E-state index in [4.69, 9.17) is 16.3 Å². The first-order valence-corrected chi connectivity index (χ1v) is 9.38. The van der Waals surface area contributed by atoms with Gasteiger partial charge in [0.25, 0.3) is 0 Å². The van der Waals surface area contributed by atoms with Gasteiger partial charge in [-0.2, -0.15) is 0 Å². The Labute approximate surface area is 161 Å². The van der Waals surface area contributed by atoms with Crippen molar-refractivity contribution in [2.24, 2.45) is 11.8 Å². The molecular weight excluding hydrogens is 366 g/mol. The van der Waals surface area contributed by atoms with Crippen LogP contribution in [0.15, 0.2) is 48.5 Å². The molecular formula is C21H18ClNO4. The van der Waals surface area contributed by atoms with E-state index in [2.05, 4.69) is 0 Å². The molecule has 1 saturated carbocycles. The number of anilines is 1. The second-order valence-corrected chi connectivity index (χ2v) is 7.34. The molecule has 0 spiro atoms. The van der Waals surface area contributed by atoms with E-state index in [0.29, 0.717) is 22.0 Å². The van der Waals surface area contributed by atoms with E-state index in [1.807, 2.05) is 0 Å². The summed E-state index contributed by atoms with van der Waals surface area (Å²) in [6.07, 6.45) is 3.55. The molecule has 1 aliphatic heterocycles. The normalized spacial score (nSPS) is 21.9. The molecule has 4 rings (SSSR count). The molecule has 0 unspecified atom stereocenters. The third kappa shape index (κ3) is 3.35. The van der Waals surface area contributed by atoms with Crippen molar-refractivity contribution < 1.29 is 19.1 Å². The molecule has 2 amide bonds. The van der Waals surface area contributed by atoms with Crippen LogP contribution in [0.25, 0.3) is 0 Å². The van der Waals surface area contributed by atoms with Gasteiger partial charge in [0.05, 0.1) is 23.1 Å². The molecule has 2 fully saturated rings. The zero-order valence-corrected chi connectivity index (χ0v) is 15.3. The van der Waals surface area contributed by atoms with Crippen molar-refractivity contribution in [1.29, 1.82) is 0 Å². The second-order valence-electron chi connectivity index (χ2n) is 6.90. The van der Waals surface area contributed by atoms with Crippen molar-refractivity contribution in [3.63, 3.8) is 0 Å². The van der Waals surface area contributed by atoms with Gasteiger partial charge in [-0.05, 0) is 61.4 Å². The average molecular weight is 384 g/mol. The van der Waals surface area contributed by atoms with Crippen LogP contribution in [0.4, 0.5) is 5.69 Å². The molecule has 27 heavy (non-hydrogen) atoms. The van der Waals surface area contributed by atoms with Crippen molar-refractivity contribution in [2.45, 2.75) is 25.7 Å². The maximum atomic E-state index is 12.6. The van der Waals surface area contributed by atoms with E-state index in [9.17, 15) is 14.4 Å². The van der Waals surface area contributed by atoms with Crippen molar-refractivity contribution in [3.8, 4) is 5.75 Å². The van der Waals surface area contributed by atoms with Crippen LogP contribution in [0.1, 0.15) is 36.0 Å². The minimum absolute atomic E-state index is 0.115. The summed E-state index contributed by atoms with van der Waals surface area (Å²) in [4.78, 5) is 38.7. The number of benzene rings is 2. The standard InChI is InChI=1S/C21H18ClNO4/c22-14-7-5-13(6-8-14)21(26)27-16-11-9-15(10-12-16)23-19(24)17-3-1-2-4-18(17)20(23)25/h5-12,17-18H,1-4H2/t17-,18-/m1/s1. The Hall–Kier alpha value is -2.66. The Morgan fingerprint density at radius 2 is 1.44 bits per heavy atom. The molecule has 2 aromatic carbocycles. The van der Waals surface area contributed by atoms with Crippen molar-refractivity contribution in [2.75, 3.05) is 4.90 Å². The minimum Gasteiger partial charge on any atom is -0.423 e. The Balaban J connectivity index is 1.49.